The Bertz CT molecular complexity index is 987. The lowest BCUT2D eigenvalue weighted by molar-refractivity contribution is -0.161. The second kappa shape index (κ2) is 8.51. The van der Waals surface area contributed by atoms with E-state index in [9.17, 15) is 14.0 Å². The number of benzene rings is 2. The van der Waals surface area contributed by atoms with Crippen LogP contribution in [0.2, 0.25) is 0 Å². The molecule has 2 aromatic carbocycles. The van der Waals surface area contributed by atoms with E-state index >= 15 is 0 Å². The van der Waals surface area contributed by atoms with Crippen LogP contribution in [-0.2, 0) is 14.3 Å². The van der Waals surface area contributed by atoms with Crippen LogP contribution in [-0.4, -0.2) is 34.3 Å². The highest BCUT2D eigenvalue weighted by molar-refractivity contribution is 5.91. The summed E-state index contributed by atoms with van der Waals surface area (Å²) in [5.74, 6) is -1.32. The van der Waals surface area contributed by atoms with Crippen LogP contribution in [0.4, 0.5) is 10.4 Å². The van der Waals surface area contributed by atoms with Crippen LogP contribution >= 0.6 is 0 Å². The molecule has 0 aliphatic heterocycles. The molecule has 0 radical (unpaired) electrons. The SMILES string of the molecule is CC(C)(Oc1ccc(F)cc1)C(=O)OCC(=O)Nc1nnc(-c2ccccc2)o1. The topological polar surface area (TPSA) is 104 Å². The van der Waals surface area contributed by atoms with E-state index < -0.39 is 29.9 Å². The maximum atomic E-state index is 13.0. The van der Waals surface area contributed by atoms with Crippen molar-refractivity contribution in [3.05, 3.63) is 60.4 Å². The number of hydrogen-bond acceptors (Lipinski definition) is 7. The molecule has 1 amide bonds. The van der Waals surface area contributed by atoms with Crippen molar-refractivity contribution in [1.82, 2.24) is 10.2 Å². The van der Waals surface area contributed by atoms with Gasteiger partial charge in [-0.1, -0.05) is 23.3 Å². The van der Waals surface area contributed by atoms with Gasteiger partial charge in [-0.15, -0.1) is 5.10 Å². The van der Waals surface area contributed by atoms with Gasteiger partial charge in [0.05, 0.1) is 0 Å². The lowest BCUT2D eigenvalue weighted by atomic mass is 10.1. The summed E-state index contributed by atoms with van der Waals surface area (Å²) in [6.45, 7) is 2.37. The molecular weight excluding hydrogens is 381 g/mol. The first kappa shape index (κ1) is 20.0. The van der Waals surface area contributed by atoms with Crippen molar-refractivity contribution in [3.8, 4) is 17.2 Å². The van der Waals surface area contributed by atoms with E-state index in [1.807, 2.05) is 18.2 Å². The average molecular weight is 399 g/mol. The number of aromatic nitrogens is 2. The number of nitrogens with zero attached hydrogens (tertiary/aromatic N) is 2. The van der Waals surface area contributed by atoms with Gasteiger partial charge in [0.2, 0.25) is 5.89 Å². The zero-order valence-electron chi connectivity index (χ0n) is 15.7. The van der Waals surface area contributed by atoms with Crippen molar-refractivity contribution in [3.63, 3.8) is 0 Å². The van der Waals surface area contributed by atoms with E-state index in [0.29, 0.717) is 5.56 Å². The summed E-state index contributed by atoms with van der Waals surface area (Å²) < 4.78 is 28.8. The summed E-state index contributed by atoms with van der Waals surface area (Å²) in [7, 11) is 0. The van der Waals surface area contributed by atoms with Crippen LogP contribution in [0.25, 0.3) is 11.5 Å². The molecule has 0 fully saturated rings. The summed E-state index contributed by atoms with van der Waals surface area (Å²) in [5, 5.41) is 9.92. The molecule has 9 heteroatoms. The van der Waals surface area contributed by atoms with E-state index in [1.165, 1.54) is 38.1 Å². The molecule has 3 aromatic rings. The maximum absolute atomic E-state index is 13.0. The summed E-state index contributed by atoms with van der Waals surface area (Å²) in [5.41, 5.74) is -0.685. The minimum absolute atomic E-state index is 0.119. The number of nitrogens with one attached hydrogen (secondary N) is 1. The Morgan fingerprint density at radius 3 is 2.45 bits per heavy atom. The maximum Gasteiger partial charge on any atom is 0.350 e. The molecule has 0 atom stereocenters. The van der Waals surface area contributed by atoms with Crippen molar-refractivity contribution in [2.24, 2.45) is 0 Å². The summed E-state index contributed by atoms with van der Waals surface area (Å²) >= 11 is 0. The number of rotatable bonds is 7. The van der Waals surface area contributed by atoms with E-state index in [1.54, 1.807) is 12.1 Å². The molecule has 0 aliphatic rings. The van der Waals surface area contributed by atoms with Crippen LogP contribution in [0.1, 0.15) is 13.8 Å². The fourth-order valence-corrected chi connectivity index (χ4v) is 2.27. The Morgan fingerprint density at radius 2 is 1.76 bits per heavy atom. The minimum Gasteiger partial charge on any atom is -0.476 e. The van der Waals surface area contributed by atoms with Crippen LogP contribution < -0.4 is 10.1 Å². The predicted molar refractivity (Wildman–Crippen MR) is 100 cm³/mol. The molecule has 29 heavy (non-hydrogen) atoms. The Hall–Kier alpha value is -3.75. The molecule has 1 N–H and O–H groups in total. The van der Waals surface area contributed by atoms with Crippen LogP contribution in [0.3, 0.4) is 0 Å². The summed E-state index contributed by atoms with van der Waals surface area (Å²) in [6, 6.07) is 14.1. The fraction of sp³-hybridized carbons (Fsp3) is 0.200. The average Bonchev–Trinajstić information content (AvgIpc) is 3.17. The van der Waals surface area contributed by atoms with Gasteiger partial charge in [0, 0.05) is 5.56 Å². The summed E-state index contributed by atoms with van der Waals surface area (Å²) in [4.78, 5) is 24.2. The zero-order valence-corrected chi connectivity index (χ0v) is 15.7. The molecule has 3 rings (SSSR count). The first-order chi connectivity index (χ1) is 13.8. The van der Waals surface area contributed by atoms with Crippen LogP contribution in [0.5, 0.6) is 5.75 Å². The van der Waals surface area contributed by atoms with Crippen molar-refractivity contribution in [2.75, 3.05) is 11.9 Å². The largest absolute Gasteiger partial charge is 0.476 e. The predicted octanol–water partition coefficient (Wildman–Crippen LogP) is 3.22. The van der Waals surface area contributed by atoms with Gasteiger partial charge in [-0.2, -0.15) is 0 Å². The van der Waals surface area contributed by atoms with Crippen molar-refractivity contribution < 1.29 is 27.9 Å². The normalized spacial score (nSPS) is 11.0. The molecule has 0 spiro atoms. The first-order valence-electron chi connectivity index (χ1n) is 8.64. The van der Waals surface area contributed by atoms with Gasteiger partial charge < -0.3 is 13.9 Å². The third-order valence-electron chi connectivity index (χ3n) is 3.70. The molecule has 1 heterocycles. The second-order valence-electron chi connectivity index (χ2n) is 6.47. The number of carbonyl (C=O) groups excluding carboxylic acids is 2. The lowest BCUT2D eigenvalue weighted by Crippen LogP contribution is -2.41. The van der Waals surface area contributed by atoms with Gasteiger partial charge in [0.25, 0.3) is 5.91 Å². The van der Waals surface area contributed by atoms with Crippen LogP contribution in [0.15, 0.2) is 59.0 Å². The van der Waals surface area contributed by atoms with E-state index in [0.717, 1.165) is 0 Å². The molecule has 0 unspecified atom stereocenters. The number of hydrogen-bond donors (Lipinski definition) is 1. The van der Waals surface area contributed by atoms with Gasteiger partial charge in [-0.05, 0) is 50.2 Å². The standard InChI is InChI=1S/C20H18FN3O5/c1-20(2,29-15-10-8-14(21)9-11-15)18(26)27-12-16(25)22-19-24-23-17(28-19)13-6-4-3-5-7-13/h3-11H,12H2,1-2H3,(H,22,24,25). The van der Waals surface area contributed by atoms with E-state index in [2.05, 4.69) is 15.5 Å². The van der Waals surface area contributed by atoms with Gasteiger partial charge >= 0.3 is 12.0 Å². The Labute approximate surface area is 165 Å². The highest BCUT2D eigenvalue weighted by Crippen LogP contribution is 2.21. The summed E-state index contributed by atoms with van der Waals surface area (Å²) in [6.07, 6.45) is 0. The number of esters is 1. The first-order valence-corrected chi connectivity index (χ1v) is 8.64. The van der Waals surface area contributed by atoms with Gasteiger partial charge in [-0.25, -0.2) is 9.18 Å². The number of ether oxygens (including phenoxy) is 2. The van der Waals surface area contributed by atoms with E-state index in [-0.39, 0.29) is 17.7 Å². The molecule has 0 saturated heterocycles. The Kier molecular flexibility index (Phi) is 5.87. The van der Waals surface area contributed by atoms with Crippen molar-refractivity contribution >= 4 is 17.9 Å². The Morgan fingerprint density at radius 1 is 1.07 bits per heavy atom. The Balaban J connectivity index is 1.51. The van der Waals surface area contributed by atoms with Gasteiger partial charge in [-0.3, -0.25) is 10.1 Å². The van der Waals surface area contributed by atoms with Crippen LogP contribution in [0, 0.1) is 5.82 Å². The molecule has 0 saturated carbocycles. The second-order valence-corrected chi connectivity index (χ2v) is 6.47. The smallest absolute Gasteiger partial charge is 0.350 e. The molecule has 0 bridgehead atoms. The lowest BCUT2D eigenvalue weighted by Gasteiger charge is -2.24. The number of anilines is 1. The molecule has 0 aliphatic carbocycles. The number of amides is 1. The zero-order chi connectivity index (χ0) is 20.9. The molecule has 1 aromatic heterocycles. The molecule has 150 valence electrons. The highest BCUT2D eigenvalue weighted by atomic mass is 19.1. The minimum atomic E-state index is -1.39. The monoisotopic (exact) mass is 399 g/mol. The highest BCUT2D eigenvalue weighted by Gasteiger charge is 2.32. The van der Waals surface area contributed by atoms with Crippen molar-refractivity contribution in [1.29, 1.82) is 0 Å². The van der Waals surface area contributed by atoms with Crippen molar-refractivity contribution in [2.45, 2.75) is 19.4 Å². The number of carbonyl (C=O) groups is 2. The van der Waals surface area contributed by atoms with Gasteiger partial charge in [0.1, 0.15) is 11.6 Å². The van der Waals surface area contributed by atoms with E-state index in [4.69, 9.17) is 13.9 Å². The molecule has 8 nitrogen and oxygen atoms in total. The third kappa shape index (κ3) is 5.38. The molecular formula is C20H18FN3O5. The third-order valence-corrected chi connectivity index (χ3v) is 3.70. The fourth-order valence-electron chi connectivity index (χ4n) is 2.27. The quantitative estimate of drug-likeness (QED) is 0.609. The number of halogens is 1. The van der Waals surface area contributed by atoms with Gasteiger partial charge in [0.15, 0.2) is 12.2 Å².